The second-order valence-corrected chi connectivity index (χ2v) is 8.93. The summed E-state index contributed by atoms with van der Waals surface area (Å²) in [6.07, 6.45) is 8.15. The highest BCUT2D eigenvalue weighted by Gasteiger charge is 2.31. The summed E-state index contributed by atoms with van der Waals surface area (Å²) in [5, 5.41) is 0. The van der Waals surface area contributed by atoms with E-state index in [1.54, 1.807) is 6.20 Å². The van der Waals surface area contributed by atoms with Gasteiger partial charge in [0.1, 0.15) is 17.4 Å². The summed E-state index contributed by atoms with van der Waals surface area (Å²) in [5.74, 6) is 2.45. The normalized spacial score (nSPS) is 18.7. The number of aryl methyl sites for hydroxylation is 1. The summed E-state index contributed by atoms with van der Waals surface area (Å²) in [6, 6.07) is 14.1. The van der Waals surface area contributed by atoms with Gasteiger partial charge in [-0.05, 0) is 75.5 Å². The first-order valence-corrected chi connectivity index (χ1v) is 11.9. The molecule has 0 bridgehead atoms. The van der Waals surface area contributed by atoms with Gasteiger partial charge in [0.05, 0.1) is 11.7 Å². The summed E-state index contributed by atoms with van der Waals surface area (Å²) in [6.45, 7) is 6.09. The third-order valence-electron chi connectivity index (χ3n) is 6.63. The minimum absolute atomic E-state index is 0.00431. The van der Waals surface area contributed by atoms with Crippen LogP contribution in [0.1, 0.15) is 48.8 Å². The zero-order valence-corrected chi connectivity index (χ0v) is 19.2. The molecule has 5 rings (SSSR count). The summed E-state index contributed by atoms with van der Waals surface area (Å²) in [4.78, 5) is 26.5. The van der Waals surface area contributed by atoms with Crippen molar-refractivity contribution < 1.29 is 9.53 Å². The molecule has 7 heteroatoms. The van der Waals surface area contributed by atoms with Gasteiger partial charge < -0.3 is 9.64 Å². The van der Waals surface area contributed by atoms with Crippen molar-refractivity contribution in [3.05, 3.63) is 71.9 Å². The van der Waals surface area contributed by atoms with Gasteiger partial charge in [-0.1, -0.05) is 18.2 Å². The first-order chi connectivity index (χ1) is 16.2. The van der Waals surface area contributed by atoms with Crippen molar-refractivity contribution in [1.82, 2.24) is 24.3 Å². The van der Waals surface area contributed by atoms with Crippen LogP contribution >= 0.6 is 0 Å². The molecule has 1 atom stereocenters. The number of carbonyl (C=O) groups is 1. The van der Waals surface area contributed by atoms with Crippen molar-refractivity contribution in [2.75, 3.05) is 26.2 Å². The van der Waals surface area contributed by atoms with Gasteiger partial charge in [-0.15, -0.1) is 0 Å². The van der Waals surface area contributed by atoms with E-state index in [2.05, 4.69) is 22.0 Å². The molecule has 33 heavy (non-hydrogen) atoms. The van der Waals surface area contributed by atoms with Crippen molar-refractivity contribution in [2.24, 2.45) is 0 Å². The monoisotopic (exact) mass is 445 g/mol. The third-order valence-corrected chi connectivity index (χ3v) is 6.63. The number of carbonyl (C=O) groups excluding carboxylic acids is 1. The highest BCUT2D eigenvalue weighted by atomic mass is 16.5. The van der Waals surface area contributed by atoms with Gasteiger partial charge >= 0.3 is 0 Å². The molecule has 2 aromatic heterocycles. The number of rotatable bonds is 7. The maximum Gasteiger partial charge on any atom is 0.261 e. The molecule has 0 saturated carbocycles. The first kappa shape index (κ1) is 21.6. The number of pyridine rings is 1. The van der Waals surface area contributed by atoms with Crippen LogP contribution in [0.25, 0.3) is 5.82 Å². The zero-order valence-electron chi connectivity index (χ0n) is 19.2. The van der Waals surface area contributed by atoms with Crippen LogP contribution in [0.15, 0.2) is 54.9 Å². The molecular formula is C26H31N5O2. The molecule has 2 aliphatic rings. The number of benzene rings is 1. The van der Waals surface area contributed by atoms with E-state index < -0.39 is 0 Å². The molecule has 2 aliphatic heterocycles. The number of amides is 1. The van der Waals surface area contributed by atoms with E-state index in [4.69, 9.17) is 9.72 Å². The average Bonchev–Trinajstić information content (AvgIpc) is 3.61. The molecule has 0 N–H and O–H groups in total. The van der Waals surface area contributed by atoms with Crippen LogP contribution in [-0.2, 0) is 11.3 Å². The van der Waals surface area contributed by atoms with Crippen LogP contribution in [0.5, 0.6) is 5.75 Å². The Morgan fingerprint density at radius 2 is 1.88 bits per heavy atom. The van der Waals surface area contributed by atoms with Gasteiger partial charge in [0.15, 0.2) is 6.61 Å². The number of ether oxygens (including phenoxy) is 1. The Kier molecular flexibility index (Phi) is 6.39. The molecule has 3 aromatic rings. The fraction of sp³-hybridized carbons (Fsp3) is 0.423. The molecule has 7 nitrogen and oxygen atoms in total. The van der Waals surface area contributed by atoms with Crippen molar-refractivity contribution >= 4 is 5.91 Å². The number of hydrogen-bond acceptors (Lipinski definition) is 5. The van der Waals surface area contributed by atoms with Crippen molar-refractivity contribution in [3.8, 4) is 11.6 Å². The minimum atomic E-state index is -0.0206. The summed E-state index contributed by atoms with van der Waals surface area (Å²) >= 11 is 0. The number of hydrogen-bond donors (Lipinski definition) is 0. The Labute approximate surface area is 195 Å². The fourth-order valence-electron chi connectivity index (χ4n) is 4.87. The van der Waals surface area contributed by atoms with Crippen molar-refractivity contribution in [1.29, 1.82) is 0 Å². The lowest BCUT2D eigenvalue weighted by molar-refractivity contribution is -0.134. The van der Waals surface area contributed by atoms with Gasteiger partial charge in [0.2, 0.25) is 0 Å². The quantitative estimate of drug-likeness (QED) is 0.552. The molecule has 172 valence electrons. The van der Waals surface area contributed by atoms with E-state index in [1.807, 2.05) is 52.9 Å². The van der Waals surface area contributed by atoms with Crippen LogP contribution in [-0.4, -0.2) is 56.5 Å². The maximum absolute atomic E-state index is 13.0. The van der Waals surface area contributed by atoms with E-state index in [1.165, 1.54) is 31.5 Å². The molecule has 1 amide bonds. The maximum atomic E-state index is 13.0. The summed E-state index contributed by atoms with van der Waals surface area (Å²) in [7, 11) is 0. The van der Waals surface area contributed by atoms with Crippen LogP contribution in [0.4, 0.5) is 0 Å². The predicted octanol–water partition coefficient (Wildman–Crippen LogP) is 3.91. The number of nitrogens with zero attached hydrogens (tertiary/aromatic N) is 5. The smallest absolute Gasteiger partial charge is 0.261 e. The minimum Gasteiger partial charge on any atom is -0.484 e. The summed E-state index contributed by atoms with van der Waals surface area (Å²) in [5.41, 5.74) is 2.20. The van der Waals surface area contributed by atoms with Gasteiger partial charge in [0, 0.05) is 25.5 Å². The van der Waals surface area contributed by atoms with Crippen LogP contribution < -0.4 is 4.74 Å². The lowest BCUT2D eigenvalue weighted by atomic mass is 10.1. The lowest BCUT2D eigenvalue weighted by Crippen LogP contribution is -2.34. The molecule has 2 fully saturated rings. The van der Waals surface area contributed by atoms with Gasteiger partial charge in [-0.25, -0.2) is 9.97 Å². The highest BCUT2D eigenvalue weighted by Crippen LogP contribution is 2.31. The molecule has 0 spiro atoms. The van der Waals surface area contributed by atoms with Gasteiger partial charge in [-0.2, -0.15) is 0 Å². The second kappa shape index (κ2) is 9.75. The number of aromatic nitrogens is 3. The largest absolute Gasteiger partial charge is 0.484 e. The van der Waals surface area contributed by atoms with E-state index in [0.29, 0.717) is 0 Å². The molecule has 0 unspecified atom stereocenters. The predicted molar refractivity (Wildman–Crippen MR) is 126 cm³/mol. The van der Waals surface area contributed by atoms with E-state index in [0.717, 1.165) is 49.0 Å². The number of imidazole rings is 1. The van der Waals surface area contributed by atoms with Gasteiger partial charge in [0.25, 0.3) is 5.91 Å². The molecule has 0 aliphatic carbocycles. The standard InChI is InChI=1S/C26H31N5O2/c1-20-27-13-17-30(20)25-8-4-6-23(28-25)24-7-5-16-31(24)26(32)19-33-22-11-9-21(10-12-22)18-29-14-2-3-15-29/h4,6,8-13,17,24H,2-3,5,7,14-16,18-19H2,1H3/t24-/m0/s1. The highest BCUT2D eigenvalue weighted by molar-refractivity contribution is 5.78. The van der Waals surface area contributed by atoms with E-state index in [-0.39, 0.29) is 18.6 Å². The Morgan fingerprint density at radius 3 is 2.64 bits per heavy atom. The lowest BCUT2D eigenvalue weighted by Gasteiger charge is -2.25. The SMILES string of the molecule is Cc1nccn1-c1cccc([C@@H]2CCCN2C(=O)COc2ccc(CN3CCCC3)cc2)n1. The summed E-state index contributed by atoms with van der Waals surface area (Å²) < 4.78 is 7.81. The van der Waals surface area contributed by atoms with Crippen LogP contribution in [0.3, 0.4) is 0 Å². The topological polar surface area (TPSA) is 63.5 Å². The van der Waals surface area contributed by atoms with E-state index >= 15 is 0 Å². The Morgan fingerprint density at radius 1 is 1.06 bits per heavy atom. The molecule has 4 heterocycles. The average molecular weight is 446 g/mol. The van der Waals surface area contributed by atoms with Crippen molar-refractivity contribution in [3.63, 3.8) is 0 Å². The second-order valence-electron chi connectivity index (χ2n) is 8.93. The molecular weight excluding hydrogens is 414 g/mol. The van der Waals surface area contributed by atoms with E-state index in [9.17, 15) is 4.79 Å². The first-order valence-electron chi connectivity index (χ1n) is 11.9. The Hall–Kier alpha value is -3.19. The molecule has 2 saturated heterocycles. The van der Waals surface area contributed by atoms with Crippen LogP contribution in [0.2, 0.25) is 0 Å². The van der Waals surface area contributed by atoms with Gasteiger partial charge in [-0.3, -0.25) is 14.3 Å². The molecule has 1 aromatic carbocycles. The Bertz CT molecular complexity index is 1090. The third kappa shape index (κ3) is 4.93. The number of likely N-dealkylation sites (tertiary alicyclic amines) is 2. The van der Waals surface area contributed by atoms with Crippen molar-refractivity contribution in [2.45, 2.75) is 45.2 Å². The fourth-order valence-corrected chi connectivity index (χ4v) is 4.87. The zero-order chi connectivity index (χ0) is 22.6. The van der Waals surface area contributed by atoms with Crippen LogP contribution in [0, 0.1) is 6.92 Å². The molecule has 0 radical (unpaired) electrons. The Balaban J connectivity index is 1.20.